The van der Waals surface area contributed by atoms with Gasteiger partial charge in [-0.05, 0) is 30.3 Å². The number of ether oxygens (including phenoxy) is 1. The summed E-state index contributed by atoms with van der Waals surface area (Å²) in [6.45, 7) is 2.36. The molecule has 0 unspecified atom stereocenters. The Hall–Kier alpha value is -1.74. The molecule has 0 saturated carbocycles. The van der Waals surface area contributed by atoms with E-state index in [1.807, 2.05) is 17.0 Å². The van der Waals surface area contributed by atoms with Crippen LogP contribution in [0.4, 0.5) is 8.78 Å². The van der Waals surface area contributed by atoms with Crippen molar-refractivity contribution in [1.29, 1.82) is 0 Å². The Morgan fingerprint density at radius 2 is 1.74 bits per heavy atom. The third-order valence-electron chi connectivity index (χ3n) is 4.34. The number of sulfonamides is 1. The molecule has 9 heteroatoms. The molecule has 0 N–H and O–H groups in total. The monoisotopic (exact) mass is 416 g/mol. The maximum Gasteiger partial charge on any atom is 0.246 e. The van der Waals surface area contributed by atoms with Crippen LogP contribution in [0.15, 0.2) is 47.4 Å². The minimum Gasteiger partial charge on any atom is -0.491 e. The fraction of sp³-hybridized carbons (Fsp3) is 0.333. The zero-order valence-electron chi connectivity index (χ0n) is 14.4. The average Bonchev–Trinajstić information content (AvgIpc) is 2.65. The molecule has 0 amide bonds. The summed E-state index contributed by atoms with van der Waals surface area (Å²) in [4.78, 5) is 1.42. The second-order valence-corrected chi connectivity index (χ2v) is 8.41. The van der Waals surface area contributed by atoms with Crippen LogP contribution in [0, 0.1) is 11.6 Å². The lowest BCUT2D eigenvalue weighted by molar-refractivity contribution is 0.158. The highest BCUT2D eigenvalue weighted by molar-refractivity contribution is 7.89. The number of benzene rings is 2. The van der Waals surface area contributed by atoms with Crippen molar-refractivity contribution in [2.45, 2.75) is 4.90 Å². The predicted molar refractivity (Wildman–Crippen MR) is 98.5 cm³/mol. The van der Waals surface area contributed by atoms with E-state index in [0.29, 0.717) is 43.1 Å². The second kappa shape index (κ2) is 8.52. The van der Waals surface area contributed by atoms with Crippen molar-refractivity contribution in [2.75, 3.05) is 39.3 Å². The van der Waals surface area contributed by atoms with Gasteiger partial charge in [-0.1, -0.05) is 23.7 Å². The van der Waals surface area contributed by atoms with E-state index in [0.717, 1.165) is 12.1 Å². The van der Waals surface area contributed by atoms with Crippen LogP contribution >= 0.6 is 11.6 Å². The maximum absolute atomic E-state index is 13.8. The van der Waals surface area contributed by atoms with Crippen molar-refractivity contribution < 1.29 is 21.9 Å². The normalized spacial score (nSPS) is 16.4. The summed E-state index contributed by atoms with van der Waals surface area (Å²) in [6, 6.07) is 9.60. The van der Waals surface area contributed by atoms with Crippen LogP contribution in [0.5, 0.6) is 5.75 Å². The van der Waals surface area contributed by atoms with Gasteiger partial charge in [0.25, 0.3) is 0 Å². The van der Waals surface area contributed by atoms with Crippen LogP contribution in [-0.4, -0.2) is 57.0 Å². The van der Waals surface area contributed by atoms with E-state index in [9.17, 15) is 17.2 Å². The molecule has 0 atom stereocenters. The lowest BCUT2D eigenvalue weighted by atomic mass is 10.3. The molecule has 2 aromatic carbocycles. The molecule has 5 nitrogen and oxygen atoms in total. The molecular weight excluding hydrogens is 398 g/mol. The van der Waals surface area contributed by atoms with E-state index < -0.39 is 26.6 Å². The number of halogens is 3. The van der Waals surface area contributed by atoms with Crippen molar-refractivity contribution in [3.05, 3.63) is 59.1 Å². The first-order chi connectivity index (χ1) is 12.9. The molecule has 2 aromatic rings. The maximum atomic E-state index is 13.8. The SMILES string of the molecule is O=S(=O)(c1cc(F)ccc1F)N1CCN(CCOc2ccccc2Cl)CC1. The molecule has 0 bridgehead atoms. The Bertz CT molecular complexity index is 903. The molecule has 146 valence electrons. The third kappa shape index (κ3) is 4.76. The summed E-state index contributed by atoms with van der Waals surface area (Å²) in [5.41, 5.74) is 0. The number of nitrogens with zero attached hydrogens (tertiary/aromatic N) is 2. The van der Waals surface area contributed by atoms with Gasteiger partial charge in [-0.3, -0.25) is 4.90 Å². The van der Waals surface area contributed by atoms with E-state index in [4.69, 9.17) is 16.3 Å². The van der Waals surface area contributed by atoms with E-state index in [-0.39, 0.29) is 13.1 Å². The largest absolute Gasteiger partial charge is 0.491 e. The minimum absolute atomic E-state index is 0.199. The Kier molecular flexibility index (Phi) is 6.31. The van der Waals surface area contributed by atoms with Gasteiger partial charge in [0.1, 0.15) is 28.9 Å². The molecule has 3 rings (SSSR count). The van der Waals surface area contributed by atoms with Crippen LogP contribution in [-0.2, 0) is 10.0 Å². The quantitative estimate of drug-likeness (QED) is 0.726. The summed E-state index contributed by atoms with van der Waals surface area (Å²) in [6.07, 6.45) is 0. The molecular formula is C18H19ClF2N2O3S. The zero-order valence-corrected chi connectivity index (χ0v) is 16.0. The van der Waals surface area contributed by atoms with E-state index in [1.54, 1.807) is 12.1 Å². The summed E-state index contributed by atoms with van der Waals surface area (Å²) < 4.78 is 59.1. The van der Waals surface area contributed by atoms with Gasteiger partial charge in [-0.15, -0.1) is 0 Å². The summed E-state index contributed by atoms with van der Waals surface area (Å²) >= 11 is 6.03. The molecule has 1 heterocycles. The molecule has 0 aromatic heterocycles. The van der Waals surface area contributed by atoms with Crippen molar-refractivity contribution in [3.63, 3.8) is 0 Å². The topological polar surface area (TPSA) is 49.9 Å². The molecule has 27 heavy (non-hydrogen) atoms. The Balaban J connectivity index is 1.54. The Morgan fingerprint density at radius 3 is 2.44 bits per heavy atom. The van der Waals surface area contributed by atoms with Crippen LogP contribution < -0.4 is 4.74 Å². The third-order valence-corrected chi connectivity index (χ3v) is 6.57. The standard InChI is InChI=1S/C18H19ClF2N2O3S/c19-15-3-1-2-4-17(15)26-12-11-22-7-9-23(10-8-22)27(24,25)18-13-14(20)5-6-16(18)21/h1-6,13H,7-12H2. The van der Waals surface area contributed by atoms with Gasteiger partial charge in [0.05, 0.1) is 5.02 Å². The van der Waals surface area contributed by atoms with Crippen molar-refractivity contribution in [2.24, 2.45) is 0 Å². The number of hydrogen-bond acceptors (Lipinski definition) is 4. The van der Waals surface area contributed by atoms with Gasteiger partial charge in [-0.25, -0.2) is 17.2 Å². The smallest absolute Gasteiger partial charge is 0.246 e. The summed E-state index contributed by atoms with van der Waals surface area (Å²) in [5, 5.41) is 0.533. The summed E-state index contributed by atoms with van der Waals surface area (Å²) in [5.74, 6) is -1.14. The first-order valence-corrected chi connectivity index (χ1v) is 10.2. The van der Waals surface area contributed by atoms with Gasteiger partial charge >= 0.3 is 0 Å². The molecule has 1 aliphatic heterocycles. The lowest BCUT2D eigenvalue weighted by Gasteiger charge is -2.33. The van der Waals surface area contributed by atoms with Gasteiger partial charge in [-0.2, -0.15) is 4.31 Å². The highest BCUT2D eigenvalue weighted by Gasteiger charge is 2.30. The van der Waals surface area contributed by atoms with Gasteiger partial charge < -0.3 is 4.74 Å². The zero-order chi connectivity index (χ0) is 19.4. The van der Waals surface area contributed by atoms with Crippen molar-refractivity contribution in [3.8, 4) is 5.75 Å². The van der Waals surface area contributed by atoms with Crippen LogP contribution in [0.1, 0.15) is 0 Å². The number of rotatable bonds is 6. The minimum atomic E-state index is -4.06. The molecule has 1 aliphatic rings. The van der Waals surface area contributed by atoms with Crippen molar-refractivity contribution in [1.82, 2.24) is 9.21 Å². The highest BCUT2D eigenvalue weighted by Crippen LogP contribution is 2.24. The van der Waals surface area contributed by atoms with Gasteiger partial charge in [0.2, 0.25) is 10.0 Å². The molecule has 0 radical (unpaired) electrons. The van der Waals surface area contributed by atoms with Crippen LogP contribution in [0.2, 0.25) is 5.02 Å². The molecule has 1 saturated heterocycles. The van der Waals surface area contributed by atoms with Gasteiger partial charge in [0, 0.05) is 32.7 Å². The first-order valence-electron chi connectivity index (χ1n) is 8.43. The van der Waals surface area contributed by atoms with Crippen LogP contribution in [0.3, 0.4) is 0 Å². The number of piperazine rings is 1. The van der Waals surface area contributed by atoms with E-state index in [1.165, 1.54) is 4.31 Å². The second-order valence-electron chi connectivity index (χ2n) is 6.10. The van der Waals surface area contributed by atoms with Crippen molar-refractivity contribution >= 4 is 21.6 Å². The Labute approximate surface area is 162 Å². The molecule has 1 fully saturated rings. The predicted octanol–water partition coefficient (Wildman–Crippen LogP) is 3.00. The highest BCUT2D eigenvalue weighted by atomic mass is 35.5. The van der Waals surface area contributed by atoms with Gasteiger partial charge in [0.15, 0.2) is 0 Å². The average molecular weight is 417 g/mol. The number of para-hydroxylation sites is 1. The summed E-state index contributed by atoms with van der Waals surface area (Å²) in [7, 11) is -4.06. The van der Waals surface area contributed by atoms with Crippen LogP contribution in [0.25, 0.3) is 0 Å². The molecule has 0 spiro atoms. The number of hydrogen-bond donors (Lipinski definition) is 0. The van der Waals surface area contributed by atoms with E-state index in [2.05, 4.69) is 0 Å². The first kappa shape index (κ1) is 20.0. The Morgan fingerprint density at radius 1 is 1.04 bits per heavy atom. The van der Waals surface area contributed by atoms with E-state index >= 15 is 0 Å². The fourth-order valence-corrected chi connectivity index (χ4v) is 4.54. The lowest BCUT2D eigenvalue weighted by Crippen LogP contribution is -2.49. The fourth-order valence-electron chi connectivity index (χ4n) is 2.85. The molecule has 0 aliphatic carbocycles.